The van der Waals surface area contributed by atoms with Gasteiger partial charge in [-0.15, -0.1) is 11.3 Å². The topological polar surface area (TPSA) is 55.1 Å². The van der Waals surface area contributed by atoms with E-state index in [2.05, 4.69) is 26.1 Å². The van der Waals surface area contributed by atoms with Crippen molar-refractivity contribution in [1.29, 1.82) is 0 Å². The predicted molar refractivity (Wildman–Crippen MR) is 82.6 cm³/mol. The molecule has 3 N–H and O–H groups in total. The number of nitrogen functional groups attached to an aromatic ring is 1. The van der Waals surface area contributed by atoms with E-state index in [0.29, 0.717) is 18.4 Å². The Kier molecular flexibility index (Phi) is 4.10. The molecule has 0 aliphatic rings. The lowest BCUT2D eigenvalue weighted by Crippen LogP contribution is -2.29. The van der Waals surface area contributed by atoms with Crippen LogP contribution >= 0.6 is 11.3 Å². The molecular formula is C15H20N2OS. The maximum absolute atomic E-state index is 12.1. The molecule has 0 aliphatic heterocycles. The number of anilines is 1. The van der Waals surface area contributed by atoms with Gasteiger partial charge >= 0.3 is 0 Å². The number of carbonyl (C=O) groups is 1. The molecule has 1 aromatic heterocycles. The molecule has 0 fully saturated rings. The lowest BCUT2D eigenvalue weighted by molar-refractivity contribution is 0.0949. The van der Waals surface area contributed by atoms with Crippen LogP contribution in [0.3, 0.4) is 0 Å². The van der Waals surface area contributed by atoms with Crippen LogP contribution in [0.25, 0.3) is 10.1 Å². The Hall–Kier alpha value is -1.55. The smallest absolute Gasteiger partial charge is 0.261 e. The first-order valence-electron chi connectivity index (χ1n) is 6.54. The van der Waals surface area contributed by atoms with Crippen LogP contribution in [-0.2, 0) is 0 Å². The van der Waals surface area contributed by atoms with Crippen molar-refractivity contribution >= 4 is 33.0 Å². The van der Waals surface area contributed by atoms with Gasteiger partial charge in [0.1, 0.15) is 0 Å². The first kappa shape index (κ1) is 13.9. The Labute approximate surface area is 117 Å². The van der Waals surface area contributed by atoms with Crippen LogP contribution in [0.2, 0.25) is 0 Å². The molecule has 0 aliphatic carbocycles. The van der Waals surface area contributed by atoms with Crippen molar-refractivity contribution in [3.63, 3.8) is 0 Å². The van der Waals surface area contributed by atoms with E-state index in [1.807, 2.05) is 24.3 Å². The van der Waals surface area contributed by atoms with E-state index in [9.17, 15) is 4.79 Å². The van der Waals surface area contributed by atoms with Gasteiger partial charge in [-0.2, -0.15) is 0 Å². The fraction of sp³-hybridized carbons (Fsp3) is 0.400. The van der Waals surface area contributed by atoms with Crippen molar-refractivity contribution < 1.29 is 4.79 Å². The Balaban J connectivity index is 2.09. The molecule has 1 heterocycles. The second-order valence-electron chi connectivity index (χ2n) is 5.34. The molecule has 1 aromatic carbocycles. The predicted octanol–water partition coefficient (Wildman–Crippen LogP) is 3.51. The van der Waals surface area contributed by atoms with Gasteiger partial charge in [0.25, 0.3) is 5.91 Å². The largest absolute Gasteiger partial charge is 0.399 e. The molecule has 1 unspecified atom stereocenters. The minimum Gasteiger partial charge on any atom is -0.399 e. The van der Waals surface area contributed by atoms with Gasteiger partial charge in [-0.1, -0.05) is 20.8 Å². The van der Waals surface area contributed by atoms with Crippen molar-refractivity contribution in [1.82, 2.24) is 5.32 Å². The van der Waals surface area contributed by atoms with Crippen LogP contribution in [0.5, 0.6) is 0 Å². The van der Waals surface area contributed by atoms with Crippen LogP contribution in [-0.4, -0.2) is 12.5 Å². The average molecular weight is 276 g/mol. The van der Waals surface area contributed by atoms with Crippen molar-refractivity contribution in [2.45, 2.75) is 20.8 Å². The van der Waals surface area contributed by atoms with Crippen molar-refractivity contribution in [3.8, 4) is 0 Å². The van der Waals surface area contributed by atoms with Gasteiger partial charge in [0.05, 0.1) is 4.88 Å². The molecule has 3 nitrogen and oxygen atoms in total. The number of benzene rings is 1. The Morgan fingerprint density at radius 1 is 1.32 bits per heavy atom. The number of thiophene rings is 1. The monoisotopic (exact) mass is 276 g/mol. The van der Waals surface area contributed by atoms with Gasteiger partial charge in [-0.05, 0) is 41.5 Å². The number of hydrogen-bond donors (Lipinski definition) is 2. The molecule has 0 bridgehead atoms. The number of rotatable bonds is 4. The first-order chi connectivity index (χ1) is 8.97. The van der Waals surface area contributed by atoms with Crippen LogP contribution < -0.4 is 11.1 Å². The maximum Gasteiger partial charge on any atom is 0.261 e. The summed E-state index contributed by atoms with van der Waals surface area (Å²) >= 11 is 1.51. The zero-order valence-electron chi connectivity index (χ0n) is 11.6. The summed E-state index contributed by atoms with van der Waals surface area (Å²) in [5.41, 5.74) is 6.47. The second kappa shape index (κ2) is 5.61. The molecule has 0 saturated heterocycles. The molecule has 2 aromatic rings. The van der Waals surface area contributed by atoms with E-state index in [1.54, 1.807) is 0 Å². The minimum atomic E-state index is 0.00673. The summed E-state index contributed by atoms with van der Waals surface area (Å²) in [6, 6.07) is 7.63. The Morgan fingerprint density at radius 3 is 2.74 bits per heavy atom. The van der Waals surface area contributed by atoms with Gasteiger partial charge in [0.2, 0.25) is 0 Å². The van der Waals surface area contributed by atoms with E-state index in [4.69, 9.17) is 5.73 Å². The van der Waals surface area contributed by atoms with E-state index in [-0.39, 0.29) is 5.91 Å². The highest BCUT2D eigenvalue weighted by Gasteiger charge is 2.13. The number of nitrogens with one attached hydrogen (secondary N) is 1. The molecule has 1 amide bonds. The quantitative estimate of drug-likeness (QED) is 0.840. The van der Waals surface area contributed by atoms with E-state index in [1.165, 1.54) is 11.3 Å². The van der Waals surface area contributed by atoms with Gasteiger partial charge in [0, 0.05) is 16.9 Å². The average Bonchev–Trinajstić information content (AvgIpc) is 2.78. The molecule has 1 atom stereocenters. The summed E-state index contributed by atoms with van der Waals surface area (Å²) in [6.07, 6.45) is 0. The number of hydrogen-bond acceptors (Lipinski definition) is 3. The third-order valence-corrected chi connectivity index (χ3v) is 4.60. The van der Waals surface area contributed by atoms with Crippen molar-refractivity contribution in [2.24, 2.45) is 11.8 Å². The molecule has 102 valence electrons. The molecular weight excluding hydrogens is 256 g/mol. The van der Waals surface area contributed by atoms with Crippen LogP contribution in [0.15, 0.2) is 24.3 Å². The zero-order chi connectivity index (χ0) is 14.0. The van der Waals surface area contributed by atoms with Crippen LogP contribution in [0, 0.1) is 11.8 Å². The highest BCUT2D eigenvalue weighted by molar-refractivity contribution is 7.20. The van der Waals surface area contributed by atoms with Crippen molar-refractivity contribution in [2.75, 3.05) is 12.3 Å². The number of amides is 1. The van der Waals surface area contributed by atoms with Gasteiger partial charge in [-0.25, -0.2) is 0 Å². The van der Waals surface area contributed by atoms with Gasteiger partial charge < -0.3 is 11.1 Å². The summed E-state index contributed by atoms with van der Waals surface area (Å²) in [7, 11) is 0. The fourth-order valence-corrected chi connectivity index (χ4v) is 2.71. The second-order valence-corrected chi connectivity index (χ2v) is 6.42. The van der Waals surface area contributed by atoms with Crippen molar-refractivity contribution in [3.05, 3.63) is 29.1 Å². The fourth-order valence-electron chi connectivity index (χ4n) is 1.75. The summed E-state index contributed by atoms with van der Waals surface area (Å²) < 4.78 is 1.09. The molecule has 4 heteroatoms. The lowest BCUT2D eigenvalue weighted by Gasteiger charge is -2.15. The number of nitrogens with two attached hydrogens (primary N) is 1. The highest BCUT2D eigenvalue weighted by atomic mass is 32.1. The Morgan fingerprint density at radius 2 is 2.05 bits per heavy atom. The molecule has 0 radical (unpaired) electrons. The SMILES string of the molecule is CC(C)C(C)CNC(=O)c1cc2cc(N)ccc2s1. The zero-order valence-corrected chi connectivity index (χ0v) is 12.4. The number of fused-ring (bicyclic) bond motifs is 1. The Bertz CT molecular complexity index is 589. The first-order valence-corrected chi connectivity index (χ1v) is 7.36. The third-order valence-electron chi connectivity index (χ3n) is 3.49. The summed E-state index contributed by atoms with van der Waals surface area (Å²) in [5, 5.41) is 4.03. The normalized spacial score (nSPS) is 12.8. The van der Waals surface area contributed by atoms with Crippen LogP contribution in [0.4, 0.5) is 5.69 Å². The molecule has 2 rings (SSSR count). The van der Waals surface area contributed by atoms with Gasteiger partial charge in [0.15, 0.2) is 0 Å². The standard InChI is InChI=1S/C15H20N2OS/c1-9(2)10(3)8-17-15(18)14-7-11-6-12(16)4-5-13(11)19-14/h4-7,9-10H,8,16H2,1-3H3,(H,17,18). The highest BCUT2D eigenvalue weighted by Crippen LogP contribution is 2.27. The number of carbonyl (C=O) groups excluding carboxylic acids is 1. The lowest BCUT2D eigenvalue weighted by atomic mass is 9.98. The third kappa shape index (κ3) is 3.26. The summed E-state index contributed by atoms with van der Waals surface area (Å²) in [5.74, 6) is 1.06. The van der Waals surface area contributed by atoms with Gasteiger partial charge in [-0.3, -0.25) is 4.79 Å². The minimum absolute atomic E-state index is 0.00673. The van der Waals surface area contributed by atoms with E-state index < -0.39 is 0 Å². The van der Waals surface area contributed by atoms with E-state index >= 15 is 0 Å². The van der Waals surface area contributed by atoms with Crippen LogP contribution in [0.1, 0.15) is 30.4 Å². The maximum atomic E-state index is 12.1. The summed E-state index contributed by atoms with van der Waals surface area (Å²) in [6.45, 7) is 7.20. The van der Waals surface area contributed by atoms with E-state index in [0.717, 1.165) is 20.7 Å². The summed E-state index contributed by atoms with van der Waals surface area (Å²) in [4.78, 5) is 12.8. The molecule has 0 spiro atoms. The molecule has 19 heavy (non-hydrogen) atoms. The molecule has 0 saturated carbocycles.